The summed E-state index contributed by atoms with van der Waals surface area (Å²) in [7, 11) is 0. The van der Waals surface area contributed by atoms with Crippen molar-refractivity contribution in [3.63, 3.8) is 0 Å². The molecule has 0 unspecified atom stereocenters. The maximum atomic E-state index is 10.5. The van der Waals surface area contributed by atoms with Crippen LogP contribution in [0.25, 0.3) is 0 Å². The van der Waals surface area contributed by atoms with Crippen molar-refractivity contribution in [2.45, 2.75) is 6.43 Å². The number of hydrogen-bond acceptors (Lipinski definition) is 1. The van der Waals surface area contributed by atoms with Gasteiger partial charge in [-0.1, -0.05) is 6.61 Å². The van der Waals surface area contributed by atoms with Gasteiger partial charge in [-0.2, -0.15) is 0 Å². The van der Waals surface area contributed by atoms with Crippen LogP contribution < -0.4 is 56.5 Å². The Morgan fingerprint density at radius 1 is 1.50 bits per heavy atom. The second-order valence-corrected chi connectivity index (χ2v) is 0.558. The Hall–Kier alpha value is 1.46. The smallest absolute Gasteiger partial charge is 0.850 e. The van der Waals surface area contributed by atoms with Crippen molar-refractivity contribution >= 4 is 0 Å². The molecule has 0 aromatic heterocycles. The van der Waals surface area contributed by atoms with Crippen molar-refractivity contribution in [2.24, 2.45) is 0 Å². The van der Waals surface area contributed by atoms with E-state index in [9.17, 15) is 8.78 Å². The molecule has 1 nitrogen and oxygen atoms in total. The van der Waals surface area contributed by atoms with Crippen LogP contribution in [0.15, 0.2) is 0 Å². The minimum atomic E-state index is -2.67. The molecule has 0 spiro atoms. The molecule has 32 valence electrons. The monoisotopic (exact) mass is 120 g/mol. The van der Waals surface area contributed by atoms with Crippen molar-refractivity contribution in [3.05, 3.63) is 0 Å². The van der Waals surface area contributed by atoms with Gasteiger partial charge in [0.15, 0.2) is 0 Å². The molecule has 0 aromatic carbocycles. The van der Waals surface area contributed by atoms with Gasteiger partial charge in [0.1, 0.15) is 0 Å². The van der Waals surface area contributed by atoms with Crippen LogP contribution in [-0.4, -0.2) is 13.0 Å². The van der Waals surface area contributed by atoms with Crippen molar-refractivity contribution < 1.29 is 65.3 Å². The number of hydrogen-bond donors (Lipinski definition) is 0. The van der Waals surface area contributed by atoms with E-state index >= 15 is 0 Å². The van der Waals surface area contributed by atoms with E-state index < -0.39 is 13.0 Å². The fraction of sp³-hybridized carbons (Fsp3) is 1.00. The third kappa shape index (κ3) is 9.07. The first-order valence-corrected chi connectivity index (χ1v) is 1.13. The first kappa shape index (κ1) is 10.4. The van der Waals surface area contributed by atoms with Gasteiger partial charge in [-0.3, -0.25) is 0 Å². The van der Waals surface area contributed by atoms with Crippen LogP contribution in [0, 0.1) is 0 Å². The molecular formula is C2H3F2KO. The summed E-state index contributed by atoms with van der Waals surface area (Å²) >= 11 is 0. The van der Waals surface area contributed by atoms with E-state index in [1.165, 1.54) is 0 Å². The third-order valence-electron chi connectivity index (χ3n) is 0.126. The first-order valence-electron chi connectivity index (χ1n) is 1.13. The van der Waals surface area contributed by atoms with Gasteiger partial charge in [0.2, 0.25) is 6.43 Å². The van der Waals surface area contributed by atoms with Gasteiger partial charge < -0.3 is 5.11 Å². The molecule has 0 radical (unpaired) electrons. The molecule has 0 fully saturated rings. The summed E-state index contributed by atoms with van der Waals surface area (Å²) < 4.78 is 20.9. The molecule has 0 amide bonds. The van der Waals surface area contributed by atoms with Gasteiger partial charge in [-0.05, 0) is 0 Å². The molecule has 0 rings (SSSR count). The Kier molecular flexibility index (Phi) is 11.2. The van der Waals surface area contributed by atoms with Gasteiger partial charge >= 0.3 is 51.4 Å². The quantitative estimate of drug-likeness (QED) is 0.331. The summed E-state index contributed by atoms with van der Waals surface area (Å²) in [5, 5.41) is 8.88. The molecule has 0 bridgehead atoms. The van der Waals surface area contributed by atoms with E-state index in [4.69, 9.17) is 5.11 Å². The molecule has 0 saturated heterocycles. The second kappa shape index (κ2) is 6.46. The Morgan fingerprint density at radius 3 is 1.67 bits per heavy atom. The van der Waals surface area contributed by atoms with Crippen LogP contribution in [0.5, 0.6) is 0 Å². The van der Waals surface area contributed by atoms with Gasteiger partial charge in [-0.15, -0.1) is 0 Å². The fourth-order valence-electron chi connectivity index (χ4n) is 0. The van der Waals surface area contributed by atoms with Crippen molar-refractivity contribution in [3.8, 4) is 0 Å². The molecule has 0 aliphatic rings. The van der Waals surface area contributed by atoms with Crippen LogP contribution in [-0.2, 0) is 0 Å². The summed E-state index contributed by atoms with van der Waals surface area (Å²) in [5.74, 6) is 0. The van der Waals surface area contributed by atoms with Gasteiger partial charge in [0, 0.05) is 0 Å². The number of alkyl halides is 2. The molecule has 6 heavy (non-hydrogen) atoms. The van der Waals surface area contributed by atoms with E-state index in [1.807, 2.05) is 0 Å². The second-order valence-electron chi connectivity index (χ2n) is 0.558. The Morgan fingerprint density at radius 2 is 1.67 bits per heavy atom. The Balaban J connectivity index is 0. The predicted molar refractivity (Wildman–Crippen MR) is 10.9 cm³/mol. The van der Waals surface area contributed by atoms with E-state index in [2.05, 4.69) is 0 Å². The summed E-state index contributed by atoms with van der Waals surface area (Å²) in [5.41, 5.74) is 0. The SMILES string of the molecule is [K+].[O-]CC(F)F. The predicted octanol–water partition coefficient (Wildman–Crippen LogP) is -3.38. The fourth-order valence-corrected chi connectivity index (χ4v) is 0. The van der Waals surface area contributed by atoms with Crippen LogP contribution in [0.2, 0.25) is 0 Å². The van der Waals surface area contributed by atoms with Crippen LogP contribution in [0.4, 0.5) is 8.78 Å². The molecule has 0 aliphatic heterocycles. The minimum Gasteiger partial charge on any atom is -0.850 e. The van der Waals surface area contributed by atoms with Crippen LogP contribution >= 0.6 is 0 Å². The maximum absolute atomic E-state index is 10.5. The average Bonchev–Trinajstić information content (AvgIpc) is 1.38. The maximum Gasteiger partial charge on any atom is 1.00 e. The van der Waals surface area contributed by atoms with E-state index in [-0.39, 0.29) is 51.4 Å². The average molecular weight is 120 g/mol. The topological polar surface area (TPSA) is 23.1 Å². The van der Waals surface area contributed by atoms with Gasteiger partial charge in [0.05, 0.1) is 0 Å². The summed E-state index contributed by atoms with van der Waals surface area (Å²) in [4.78, 5) is 0. The molecule has 0 aromatic rings. The molecule has 0 aliphatic carbocycles. The zero-order chi connectivity index (χ0) is 4.28. The van der Waals surface area contributed by atoms with Crippen molar-refractivity contribution in [1.29, 1.82) is 0 Å². The molecular weight excluding hydrogens is 117 g/mol. The van der Waals surface area contributed by atoms with Crippen molar-refractivity contribution in [1.82, 2.24) is 0 Å². The summed E-state index contributed by atoms with van der Waals surface area (Å²) in [6.07, 6.45) is -2.67. The standard InChI is InChI=1S/C2H3F2O.K/c3-2(4)1-5;/h2H,1H2;/q-1;+1. The third-order valence-corrected chi connectivity index (χ3v) is 0.126. The summed E-state index contributed by atoms with van der Waals surface area (Å²) in [6, 6.07) is 0. The molecule has 0 N–H and O–H groups in total. The zero-order valence-electron chi connectivity index (χ0n) is 3.45. The van der Waals surface area contributed by atoms with Crippen LogP contribution in [0.3, 0.4) is 0 Å². The molecule has 4 heteroatoms. The first-order chi connectivity index (χ1) is 2.27. The van der Waals surface area contributed by atoms with Gasteiger partial charge in [0.25, 0.3) is 0 Å². The minimum absolute atomic E-state index is 0. The van der Waals surface area contributed by atoms with E-state index in [0.29, 0.717) is 0 Å². The Bertz CT molecular complexity index is 25.5. The molecule has 0 heterocycles. The van der Waals surface area contributed by atoms with Crippen LogP contribution in [0.1, 0.15) is 0 Å². The van der Waals surface area contributed by atoms with E-state index in [1.54, 1.807) is 0 Å². The zero-order valence-corrected chi connectivity index (χ0v) is 6.57. The molecule has 0 atom stereocenters. The van der Waals surface area contributed by atoms with E-state index in [0.717, 1.165) is 0 Å². The van der Waals surface area contributed by atoms with Crippen molar-refractivity contribution in [2.75, 3.05) is 6.61 Å². The molecule has 0 saturated carbocycles. The Labute approximate surface area is 77.2 Å². The normalized spacial score (nSPS) is 8.00. The largest absolute Gasteiger partial charge is 1.00 e. The van der Waals surface area contributed by atoms with Gasteiger partial charge in [-0.25, -0.2) is 8.78 Å². The number of rotatable bonds is 1. The summed E-state index contributed by atoms with van der Waals surface area (Å²) in [6.45, 7) is -1.28. The number of halogens is 2.